The molecule has 0 heterocycles. The largest absolute Gasteiger partial charge is 0.398 e. The van der Waals surface area contributed by atoms with E-state index in [0.717, 1.165) is 16.9 Å². The summed E-state index contributed by atoms with van der Waals surface area (Å²) in [5.41, 5.74) is 7.55. The SMILES string of the molecule is CCC(C)S(=O)c1cccc(C)c1N. The highest BCUT2D eigenvalue weighted by Crippen LogP contribution is 2.23. The van der Waals surface area contributed by atoms with Gasteiger partial charge >= 0.3 is 0 Å². The first-order chi connectivity index (χ1) is 6.57. The van der Waals surface area contributed by atoms with Crippen molar-refractivity contribution in [1.29, 1.82) is 0 Å². The molecule has 0 aromatic heterocycles. The van der Waals surface area contributed by atoms with Crippen molar-refractivity contribution in [3.63, 3.8) is 0 Å². The maximum Gasteiger partial charge on any atom is 0.0622 e. The highest BCUT2D eigenvalue weighted by molar-refractivity contribution is 7.85. The molecule has 0 aliphatic heterocycles. The van der Waals surface area contributed by atoms with Crippen LogP contribution in [0, 0.1) is 6.92 Å². The van der Waals surface area contributed by atoms with E-state index in [1.165, 1.54) is 0 Å². The van der Waals surface area contributed by atoms with E-state index < -0.39 is 10.8 Å². The summed E-state index contributed by atoms with van der Waals surface area (Å²) in [6.45, 7) is 5.96. The van der Waals surface area contributed by atoms with E-state index in [1.54, 1.807) is 0 Å². The minimum atomic E-state index is -0.975. The van der Waals surface area contributed by atoms with E-state index >= 15 is 0 Å². The molecule has 3 heteroatoms. The van der Waals surface area contributed by atoms with Crippen LogP contribution in [-0.4, -0.2) is 9.46 Å². The molecule has 2 atom stereocenters. The number of para-hydroxylation sites is 1. The first-order valence-electron chi connectivity index (χ1n) is 4.83. The molecule has 0 saturated heterocycles. The standard InChI is InChI=1S/C11H17NOS/c1-4-9(3)14(13)10-7-5-6-8(2)11(10)12/h5-7,9H,4,12H2,1-3H3. The number of rotatable bonds is 3. The number of aryl methyl sites for hydroxylation is 1. The van der Waals surface area contributed by atoms with Crippen LogP contribution >= 0.6 is 0 Å². The fraction of sp³-hybridized carbons (Fsp3) is 0.455. The van der Waals surface area contributed by atoms with Crippen LogP contribution in [0.3, 0.4) is 0 Å². The summed E-state index contributed by atoms with van der Waals surface area (Å²) in [6.07, 6.45) is 0.903. The van der Waals surface area contributed by atoms with Crippen LogP contribution in [0.5, 0.6) is 0 Å². The van der Waals surface area contributed by atoms with Crippen molar-refractivity contribution < 1.29 is 4.21 Å². The molecule has 2 nitrogen and oxygen atoms in total. The molecule has 0 bridgehead atoms. The molecule has 14 heavy (non-hydrogen) atoms. The van der Waals surface area contributed by atoms with Crippen molar-refractivity contribution in [2.75, 3.05) is 5.73 Å². The Bertz CT molecular complexity index is 349. The minimum Gasteiger partial charge on any atom is -0.398 e. The molecule has 2 N–H and O–H groups in total. The lowest BCUT2D eigenvalue weighted by molar-refractivity contribution is 0.670. The highest BCUT2D eigenvalue weighted by Gasteiger charge is 2.14. The Hall–Kier alpha value is -0.830. The maximum atomic E-state index is 12.0. The Kier molecular flexibility index (Phi) is 3.69. The Labute approximate surface area is 88.0 Å². The molecular weight excluding hydrogens is 194 g/mol. The molecule has 2 unspecified atom stereocenters. The number of nitrogen functional groups attached to an aromatic ring is 1. The van der Waals surface area contributed by atoms with Gasteiger partial charge < -0.3 is 5.73 Å². The quantitative estimate of drug-likeness (QED) is 0.780. The number of benzene rings is 1. The lowest BCUT2D eigenvalue weighted by atomic mass is 10.2. The molecule has 1 rings (SSSR count). The molecule has 0 fully saturated rings. The number of anilines is 1. The monoisotopic (exact) mass is 211 g/mol. The maximum absolute atomic E-state index is 12.0. The summed E-state index contributed by atoms with van der Waals surface area (Å²) in [5, 5.41) is 0.166. The van der Waals surface area contributed by atoms with Crippen LogP contribution in [0.15, 0.2) is 23.1 Å². The van der Waals surface area contributed by atoms with Gasteiger partial charge in [0.1, 0.15) is 0 Å². The molecule has 0 aliphatic carbocycles. The molecule has 78 valence electrons. The lowest BCUT2D eigenvalue weighted by Gasteiger charge is -2.12. The smallest absolute Gasteiger partial charge is 0.0622 e. The van der Waals surface area contributed by atoms with E-state index in [4.69, 9.17) is 5.73 Å². The van der Waals surface area contributed by atoms with Crippen LogP contribution < -0.4 is 5.73 Å². The minimum absolute atomic E-state index is 0.166. The van der Waals surface area contributed by atoms with E-state index in [9.17, 15) is 4.21 Å². The molecule has 0 radical (unpaired) electrons. The Morgan fingerprint density at radius 1 is 1.50 bits per heavy atom. The van der Waals surface area contributed by atoms with E-state index in [0.29, 0.717) is 5.69 Å². The van der Waals surface area contributed by atoms with Gasteiger partial charge in [0, 0.05) is 5.25 Å². The van der Waals surface area contributed by atoms with Gasteiger partial charge in [0.2, 0.25) is 0 Å². The zero-order chi connectivity index (χ0) is 10.7. The van der Waals surface area contributed by atoms with Crippen molar-refractivity contribution in [2.45, 2.75) is 37.3 Å². The average Bonchev–Trinajstić information content (AvgIpc) is 2.20. The Balaban J connectivity index is 3.07. The zero-order valence-electron chi connectivity index (χ0n) is 8.91. The third kappa shape index (κ3) is 2.15. The van der Waals surface area contributed by atoms with Crippen molar-refractivity contribution in [3.05, 3.63) is 23.8 Å². The van der Waals surface area contributed by atoms with E-state index in [1.807, 2.05) is 39.0 Å². The highest BCUT2D eigenvalue weighted by atomic mass is 32.2. The first kappa shape index (κ1) is 11.2. The lowest BCUT2D eigenvalue weighted by Crippen LogP contribution is -2.11. The first-order valence-corrected chi connectivity index (χ1v) is 6.04. The van der Waals surface area contributed by atoms with Crippen molar-refractivity contribution in [3.8, 4) is 0 Å². The predicted molar refractivity (Wildman–Crippen MR) is 61.8 cm³/mol. The second-order valence-electron chi connectivity index (χ2n) is 3.50. The third-order valence-electron chi connectivity index (χ3n) is 2.44. The van der Waals surface area contributed by atoms with Crippen molar-refractivity contribution in [2.24, 2.45) is 0 Å². The number of hydrogen-bond acceptors (Lipinski definition) is 2. The van der Waals surface area contributed by atoms with Gasteiger partial charge in [-0.3, -0.25) is 4.21 Å². The summed E-state index contributed by atoms with van der Waals surface area (Å²) in [4.78, 5) is 0.777. The fourth-order valence-corrected chi connectivity index (χ4v) is 2.52. The number of nitrogens with two attached hydrogens (primary N) is 1. The normalized spacial score (nSPS) is 15.1. The predicted octanol–water partition coefficient (Wildman–Crippen LogP) is 2.48. The molecule has 0 amide bonds. The Morgan fingerprint density at radius 2 is 2.14 bits per heavy atom. The van der Waals surface area contributed by atoms with Gasteiger partial charge in [0.25, 0.3) is 0 Å². The van der Waals surface area contributed by atoms with Crippen LogP contribution in [0.2, 0.25) is 0 Å². The van der Waals surface area contributed by atoms with Gasteiger partial charge in [0.05, 0.1) is 21.4 Å². The number of hydrogen-bond donors (Lipinski definition) is 1. The summed E-state index contributed by atoms with van der Waals surface area (Å²) >= 11 is 0. The molecule has 1 aromatic rings. The zero-order valence-corrected chi connectivity index (χ0v) is 9.73. The second kappa shape index (κ2) is 4.60. The van der Waals surface area contributed by atoms with E-state index in [-0.39, 0.29) is 5.25 Å². The summed E-state index contributed by atoms with van der Waals surface area (Å²) < 4.78 is 12.0. The van der Waals surface area contributed by atoms with Gasteiger partial charge in [-0.2, -0.15) is 0 Å². The molecule has 0 spiro atoms. The topological polar surface area (TPSA) is 43.1 Å². The van der Waals surface area contributed by atoms with Gasteiger partial charge in [0.15, 0.2) is 0 Å². The molecule has 0 saturated carbocycles. The van der Waals surface area contributed by atoms with Gasteiger partial charge in [-0.25, -0.2) is 0 Å². The second-order valence-corrected chi connectivity index (χ2v) is 5.34. The molecular formula is C11H17NOS. The summed E-state index contributed by atoms with van der Waals surface area (Å²) in [6, 6.07) is 5.69. The fourth-order valence-electron chi connectivity index (χ4n) is 1.20. The third-order valence-corrected chi connectivity index (χ3v) is 4.29. The Morgan fingerprint density at radius 3 is 2.71 bits per heavy atom. The summed E-state index contributed by atoms with van der Waals surface area (Å²) in [5.74, 6) is 0. The van der Waals surface area contributed by atoms with E-state index in [2.05, 4.69) is 0 Å². The van der Waals surface area contributed by atoms with Crippen LogP contribution in [0.4, 0.5) is 5.69 Å². The van der Waals surface area contributed by atoms with Crippen molar-refractivity contribution in [1.82, 2.24) is 0 Å². The van der Waals surface area contributed by atoms with Gasteiger partial charge in [-0.15, -0.1) is 0 Å². The van der Waals surface area contributed by atoms with Crippen LogP contribution in [0.25, 0.3) is 0 Å². The van der Waals surface area contributed by atoms with Crippen LogP contribution in [-0.2, 0) is 10.8 Å². The van der Waals surface area contributed by atoms with Gasteiger partial charge in [-0.1, -0.05) is 26.0 Å². The summed E-state index contributed by atoms with van der Waals surface area (Å²) in [7, 11) is -0.975. The van der Waals surface area contributed by atoms with Gasteiger partial charge in [-0.05, 0) is 25.0 Å². The average molecular weight is 211 g/mol. The van der Waals surface area contributed by atoms with Crippen molar-refractivity contribution >= 4 is 16.5 Å². The van der Waals surface area contributed by atoms with Crippen LogP contribution in [0.1, 0.15) is 25.8 Å². The molecule has 1 aromatic carbocycles. The molecule has 0 aliphatic rings.